The van der Waals surface area contributed by atoms with Crippen LogP contribution in [-0.4, -0.2) is 21.5 Å². The summed E-state index contributed by atoms with van der Waals surface area (Å²) in [5.74, 6) is 0.552. The van der Waals surface area contributed by atoms with Gasteiger partial charge < -0.3 is 11.1 Å². The minimum absolute atomic E-state index is 0.128. The smallest absolute Gasteiger partial charge is 0.224 e. The Morgan fingerprint density at radius 3 is 2.87 bits per heavy atom. The van der Waals surface area contributed by atoms with E-state index in [0.717, 1.165) is 0 Å². The van der Waals surface area contributed by atoms with Crippen LogP contribution in [-0.2, 0) is 0 Å². The van der Waals surface area contributed by atoms with Crippen molar-refractivity contribution in [2.45, 2.75) is 13.8 Å². The fourth-order valence-electron chi connectivity index (χ4n) is 0.839. The lowest BCUT2D eigenvalue weighted by Crippen LogP contribution is -2.26. The first kappa shape index (κ1) is 11.6. The Morgan fingerprint density at radius 1 is 1.67 bits per heavy atom. The number of halogens is 1. The summed E-state index contributed by atoms with van der Waals surface area (Å²) in [6.45, 7) is 3.49. The van der Waals surface area contributed by atoms with E-state index in [0.29, 0.717) is 17.4 Å². The lowest BCUT2D eigenvalue weighted by molar-refractivity contribution is 1.01. The zero-order chi connectivity index (χ0) is 11.4. The number of aromatic nitrogens is 2. The third kappa shape index (κ3) is 3.28. The van der Waals surface area contributed by atoms with E-state index in [-0.39, 0.29) is 11.2 Å². The van der Waals surface area contributed by atoms with Crippen molar-refractivity contribution in [3.05, 3.63) is 17.5 Å². The molecule has 1 heterocycles. The molecule has 1 rings (SSSR count). The van der Waals surface area contributed by atoms with Gasteiger partial charge in [0.05, 0.1) is 5.92 Å². The highest BCUT2D eigenvalue weighted by molar-refractivity contribution is 6.28. The van der Waals surface area contributed by atoms with Crippen LogP contribution in [0.5, 0.6) is 0 Å². The Balaban J connectivity index is 2.92. The Labute approximate surface area is 92.9 Å². The number of aliphatic imine (C=N–C) groups is 1. The maximum atomic E-state index is 7.42. The van der Waals surface area contributed by atoms with E-state index in [1.807, 2.05) is 6.92 Å². The molecule has 3 N–H and O–H groups in total. The normalized spacial score (nSPS) is 13.7. The molecule has 0 aromatic carbocycles. The van der Waals surface area contributed by atoms with E-state index < -0.39 is 0 Å². The standard InChI is InChI=1S/C9H12ClN5/c1-5(6(2)11)8(12)14-7-3-4-13-9(10)15-7/h3-5,11H,1-2H3,(H2,12,13,14,15). The molecule has 0 aliphatic carbocycles. The van der Waals surface area contributed by atoms with Crippen LogP contribution in [0.25, 0.3) is 0 Å². The van der Waals surface area contributed by atoms with Crippen LogP contribution in [0, 0.1) is 11.3 Å². The summed E-state index contributed by atoms with van der Waals surface area (Å²) in [6, 6.07) is 1.60. The van der Waals surface area contributed by atoms with Gasteiger partial charge in [0.1, 0.15) is 5.84 Å². The SMILES string of the molecule is CC(=N)C(C)C(N)=Nc1ccnc(Cl)n1. The third-order valence-corrected chi connectivity index (χ3v) is 2.13. The number of hydrogen-bond acceptors (Lipinski definition) is 4. The van der Waals surface area contributed by atoms with E-state index in [4.69, 9.17) is 22.7 Å². The topological polar surface area (TPSA) is 88.0 Å². The summed E-state index contributed by atoms with van der Waals surface area (Å²) in [6.07, 6.45) is 1.50. The molecular formula is C9H12ClN5. The highest BCUT2D eigenvalue weighted by Crippen LogP contribution is 2.11. The Bertz CT molecular complexity index is 401. The number of rotatable bonds is 3. The first-order chi connectivity index (χ1) is 7.00. The highest BCUT2D eigenvalue weighted by atomic mass is 35.5. The van der Waals surface area contributed by atoms with Crippen molar-refractivity contribution in [1.29, 1.82) is 5.41 Å². The molecule has 5 nitrogen and oxygen atoms in total. The van der Waals surface area contributed by atoms with Crippen LogP contribution in [0.3, 0.4) is 0 Å². The number of nitrogens with one attached hydrogen (secondary N) is 1. The van der Waals surface area contributed by atoms with Crippen molar-refractivity contribution in [2.75, 3.05) is 0 Å². The summed E-state index contributed by atoms with van der Waals surface area (Å²) in [5, 5.41) is 7.55. The zero-order valence-corrected chi connectivity index (χ0v) is 9.28. The van der Waals surface area contributed by atoms with Gasteiger partial charge in [0.2, 0.25) is 5.28 Å². The van der Waals surface area contributed by atoms with Crippen LogP contribution >= 0.6 is 11.6 Å². The van der Waals surface area contributed by atoms with Gasteiger partial charge in [-0.3, -0.25) is 0 Å². The second-order valence-corrected chi connectivity index (χ2v) is 3.46. The maximum Gasteiger partial charge on any atom is 0.224 e. The number of amidine groups is 1. The molecule has 0 spiro atoms. The number of hydrogen-bond donors (Lipinski definition) is 2. The van der Waals surface area contributed by atoms with Gasteiger partial charge in [-0.05, 0) is 18.5 Å². The Kier molecular flexibility index (Phi) is 3.74. The molecule has 80 valence electrons. The molecule has 0 saturated carbocycles. The van der Waals surface area contributed by atoms with E-state index in [9.17, 15) is 0 Å². The number of nitrogens with zero attached hydrogens (tertiary/aromatic N) is 3. The first-order valence-corrected chi connectivity index (χ1v) is 4.76. The van der Waals surface area contributed by atoms with Crippen molar-refractivity contribution >= 4 is 29.0 Å². The summed E-state index contributed by atoms with van der Waals surface area (Å²) in [7, 11) is 0. The average molecular weight is 226 g/mol. The lowest BCUT2D eigenvalue weighted by Gasteiger charge is -2.08. The molecule has 0 saturated heterocycles. The zero-order valence-electron chi connectivity index (χ0n) is 8.53. The molecule has 6 heteroatoms. The predicted molar refractivity (Wildman–Crippen MR) is 60.9 cm³/mol. The molecule has 0 radical (unpaired) electrons. The molecule has 0 aliphatic heterocycles. The fraction of sp³-hybridized carbons (Fsp3) is 0.333. The third-order valence-electron chi connectivity index (χ3n) is 1.95. The van der Waals surface area contributed by atoms with Crippen molar-refractivity contribution in [2.24, 2.45) is 16.6 Å². The van der Waals surface area contributed by atoms with Gasteiger partial charge in [0.15, 0.2) is 5.82 Å². The fourth-order valence-corrected chi connectivity index (χ4v) is 0.982. The molecule has 1 aromatic heterocycles. The van der Waals surface area contributed by atoms with Gasteiger partial charge in [0, 0.05) is 18.0 Å². The van der Waals surface area contributed by atoms with Gasteiger partial charge in [-0.2, -0.15) is 4.98 Å². The van der Waals surface area contributed by atoms with Crippen LogP contribution < -0.4 is 5.73 Å². The van der Waals surface area contributed by atoms with Crippen LogP contribution in [0.1, 0.15) is 13.8 Å². The van der Waals surface area contributed by atoms with Gasteiger partial charge in [0.25, 0.3) is 0 Å². The summed E-state index contributed by atoms with van der Waals surface area (Å²) in [4.78, 5) is 11.7. The van der Waals surface area contributed by atoms with E-state index in [1.165, 1.54) is 6.20 Å². The van der Waals surface area contributed by atoms with Crippen LogP contribution in [0.2, 0.25) is 5.28 Å². The van der Waals surface area contributed by atoms with Crippen molar-refractivity contribution in [3.8, 4) is 0 Å². The second kappa shape index (κ2) is 4.84. The van der Waals surface area contributed by atoms with Crippen molar-refractivity contribution < 1.29 is 0 Å². The van der Waals surface area contributed by atoms with Crippen LogP contribution in [0.15, 0.2) is 17.3 Å². The summed E-state index contributed by atoms with van der Waals surface area (Å²) in [5.41, 5.74) is 6.16. The van der Waals surface area contributed by atoms with Gasteiger partial charge in [-0.25, -0.2) is 9.98 Å². The van der Waals surface area contributed by atoms with Gasteiger partial charge in [-0.1, -0.05) is 6.92 Å². The summed E-state index contributed by atoms with van der Waals surface area (Å²) < 4.78 is 0. The van der Waals surface area contributed by atoms with E-state index >= 15 is 0 Å². The Hall–Kier alpha value is -1.49. The molecule has 1 atom stereocenters. The molecule has 1 unspecified atom stereocenters. The molecule has 15 heavy (non-hydrogen) atoms. The molecular weight excluding hydrogens is 214 g/mol. The minimum atomic E-state index is -0.196. The Morgan fingerprint density at radius 2 is 2.33 bits per heavy atom. The first-order valence-electron chi connectivity index (χ1n) is 4.38. The van der Waals surface area contributed by atoms with E-state index in [2.05, 4.69) is 15.0 Å². The lowest BCUT2D eigenvalue weighted by atomic mass is 10.1. The largest absolute Gasteiger partial charge is 0.387 e. The van der Waals surface area contributed by atoms with Gasteiger partial charge >= 0.3 is 0 Å². The van der Waals surface area contributed by atoms with Crippen molar-refractivity contribution in [3.63, 3.8) is 0 Å². The quantitative estimate of drug-likeness (QED) is 0.467. The minimum Gasteiger partial charge on any atom is -0.387 e. The summed E-state index contributed by atoms with van der Waals surface area (Å²) >= 11 is 5.60. The molecule has 0 bridgehead atoms. The molecule has 0 aliphatic rings. The number of nitrogens with two attached hydrogens (primary N) is 1. The average Bonchev–Trinajstić information content (AvgIpc) is 2.16. The molecule has 0 amide bonds. The van der Waals surface area contributed by atoms with E-state index in [1.54, 1.807) is 13.0 Å². The maximum absolute atomic E-state index is 7.42. The van der Waals surface area contributed by atoms with Crippen LogP contribution in [0.4, 0.5) is 5.82 Å². The van der Waals surface area contributed by atoms with Crippen molar-refractivity contribution in [1.82, 2.24) is 9.97 Å². The molecule has 1 aromatic rings. The second-order valence-electron chi connectivity index (χ2n) is 3.13. The van der Waals surface area contributed by atoms with Gasteiger partial charge in [-0.15, -0.1) is 0 Å². The predicted octanol–water partition coefficient (Wildman–Crippen LogP) is 1.79. The molecule has 0 fully saturated rings. The highest BCUT2D eigenvalue weighted by Gasteiger charge is 2.09. The monoisotopic (exact) mass is 225 g/mol.